The maximum absolute atomic E-state index is 12.5. The number of anilines is 1. The molecule has 1 aliphatic rings. The first-order valence-electron chi connectivity index (χ1n) is 12.6. The van der Waals surface area contributed by atoms with E-state index in [2.05, 4.69) is 22.5 Å². The minimum Gasteiger partial charge on any atom is -0.494 e. The van der Waals surface area contributed by atoms with E-state index in [1.807, 2.05) is 36.4 Å². The lowest BCUT2D eigenvalue weighted by atomic mass is 10.0. The number of nitrogens with one attached hydrogen (secondary N) is 2. The smallest absolute Gasteiger partial charge is 0.251 e. The molecule has 0 spiro atoms. The molecule has 1 saturated heterocycles. The van der Waals surface area contributed by atoms with Crippen molar-refractivity contribution >= 4 is 11.6 Å². The zero-order valence-electron chi connectivity index (χ0n) is 20.6. The number of carbonyl (C=O) groups excluding carboxylic acids is 1. The molecule has 2 atom stereocenters. The summed E-state index contributed by atoms with van der Waals surface area (Å²) in [5.41, 5.74) is 2.15. The fourth-order valence-corrected chi connectivity index (χ4v) is 3.94. The van der Waals surface area contributed by atoms with Crippen LogP contribution in [-0.4, -0.2) is 79.7 Å². The third kappa shape index (κ3) is 8.81. The second kappa shape index (κ2) is 14.7. The maximum Gasteiger partial charge on any atom is 0.251 e. The Balaban J connectivity index is 1.51. The molecule has 4 N–H and O–H groups in total. The summed E-state index contributed by atoms with van der Waals surface area (Å²) in [4.78, 5) is 14.8. The summed E-state index contributed by atoms with van der Waals surface area (Å²) in [5, 5.41) is 26.2. The van der Waals surface area contributed by atoms with E-state index in [1.54, 1.807) is 12.1 Å². The zero-order valence-corrected chi connectivity index (χ0v) is 20.6. The van der Waals surface area contributed by atoms with Gasteiger partial charge in [-0.3, -0.25) is 9.69 Å². The number of hydrogen-bond acceptors (Lipinski definition) is 7. The van der Waals surface area contributed by atoms with Gasteiger partial charge in [0.2, 0.25) is 0 Å². The summed E-state index contributed by atoms with van der Waals surface area (Å²) in [6.45, 7) is 7.44. The molecular weight excluding hydrogens is 446 g/mol. The third-order valence-corrected chi connectivity index (χ3v) is 6.09. The second-order valence-corrected chi connectivity index (χ2v) is 8.78. The van der Waals surface area contributed by atoms with Crippen LogP contribution in [-0.2, 0) is 4.74 Å². The quantitative estimate of drug-likeness (QED) is 0.305. The van der Waals surface area contributed by atoms with Crippen molar-refractivity contribution in [3.05, 3.63) is 59.7 Å². The maximum atomic E-state index is 12.5. The largest absolute Gasteiger partial charge is 0.494 e. The number of aliphatic hydroxyl groups excluding tert-OH is 2. The number of nitrogens with zero attached hydrogens (tertiary/aromatic N) is 1. The van der Waals surface area contributed by atoms with Gasteiger partial charge in [-0.2, -0.15) is 0 Å². The first-order chi connectivity index (χ1) is 17.1. The number of rotatable bonds is 14. The van der Waals surface area contributed by atoms with Crippen molar-refractivity contribution in [2.24, 2.45) is 0 Å². The highest BCUT2D eigenvalue weighted by Gasteiger charge is 2.21. The highest BCUT2D eigenvalue weighted by molar-refractivity contribution is 5.94. The average Bonchev–Trinajstić information content (AvgIpc) is 2.91. The van der Waals surface area contributed by atoms with Crippen LogP contribution in [0.25, 0.3) is 0 Å². The van der Waals surface area contributed by atoms with E-state index in [1.165, 1.54) is 0 Å². The van der Waals surface area contributed by atoms with E-state index in [9.17, 15) is 15.0 Å². The molecule has 0 aliphatic carbocycles. The summed E-state index contributed by atoms with van der Waals surface area (Å²) < 4.78 is 11.1. The minimum absolute atomic E-state index is 0.107. The average molecular weight is 486 g/mol. The first kappa shape index (κ1) is 26.9. The van der Waals surface area contributed by atoms with Crippen molar-refractivity contribution in [2.45, 2.75) is 38.3 Å². The third-order valence-electron chi connectivity index (χ3n) is 6.09. The van der Waals surface area contributed by atoms with Crippen LogP contribution >= 0.6 is 0 Å². The molecule has 2 aromatic rings. The number of benzene rings is 2. The van der Waals surface area contributed by atoms with Gasteiger partial charge in [-0.05, 0) is 61.3 Å². The molecule has 0 radical (unpaired) electrons. The predicted octanol–water partition coefficient (Wildman–Crippen LogP) is 2.82. The molecule has 1 unspecified atom stereocenters. The topological polar surface area (TPSA) is 103 Å². The summed E-state index contributed by atoms with van der Waals surface area (Å²) in [7, 11) is 0. The van der Waals surface area contributed by atoms with Crippen LogP contribution in [0.5, 0.6) is 5.75 Å². The fourth-order valence-electron chi connectivity index (χ4n) is 3.94. The Bertz CT molecular complexity index is 869. The molecular formula is C27H39N3O5. The van der Waals surface area contributed by atoms with Crippen molar-refractivity contribution in [3.63, 3.8) is 0 Å². The number of morpholine rings is 1. The first-order valence-corrected chi connectivity index (χ1v) is 12.6. The van der Waals surface area contributed by atoms with Crippen LogP contribution in [0.4, 0.5) is 5.69 Å². The van der Waals surface area contributed by atoms with E-state index in [0.29, 0.717) is 18.7 Å². The van der Waals surface area contributed by atoms with Gasteiger partial charge in [-0.1, -0.05) is 25.5 Å². The number of hydrogen-bond donors (Lipinski definition) is 4. The highest BCUT2D eigenvalue weighted by atomic mass is 16.5. The van der Waals surface area contributed by atoms with Gasteiger partial charge in [0.05, 0.1) is 32.5 Å². The number of aliphatic hydroxyl groups is 2. The molecule has 3 rings (SSSR count). The summed E-state index contributed by atoms with van der Waals surface area (Å²) >= 11 is 0. The van der Waals surface area contributed by atoms with Crippen molar-refractivity contribution < 1.29 is 24.5 Å². The highest BCUT2D eigenvalue weighted by Crippen LogP contribution is 2.25. The SMILES string of the molecule is CCCCOc1ccc(C(Nc2ccc(C(=O)NCCCN3CCOCC3)cc2)[C@H](O)CO)cc1. The lowest BCUT2D eigenvalue weighted by molar-refractivity contribution is 0.0374. The monoisotopic (exact) mass is 485 g/mol. The molecule has 2 aromatic carbocycles. The van der Waals surface area contributed by atoms with Gasteiger partial charge >= 0.3 is 0 Å². The van der Waals surface area contributed by atoms with Crippen molar-refractivity contribution in [2.75, 3.05) is 57.9 Å². The Morgan fingerprint density at radius 3 is 2.46 bits per heavy atom. The number of carbonyl (C=O) groups is 1. The van der Waals surface area contributed by atoms with Gasteiger partial charge in [0, 0.05) is 30.9 Å². The molecule has 1 amide bonds. The van der Waals surface area contributed by atoms with Gasteiger partial charge < -0.3 is 30.3 Å². The molecule has 35 heavy (non-hydrogen) atoms. The standard InChI is InChI=1S/C27H39N3O5/c1-2-3-17-35-24-11-7-21(8-12-24)26(25(32)20-31)29-23-9-5-22(6-10-23)27(33)28-13-4-14-30-15-18-34-19-16-30/h5-12,25-26,29,31-32H,2-4,13-20H2,1H3,(H,28,33)/t25-,26?/m1/s1. The number of ether oxygens (including phenoxy) is 2. The van der Waals surface area contributed by atoms with Gasteiger partial charge in [-0.15, -0.1) is 0 Å². The summed E-state index contributed by atoms with van der Waals surface area (Å²) in [6.07, 6.45) is 1.98. The molecule has 0 saturated carbocycles. The van der Waals surface area contributed by atoms with Gasteiger partial charge in [-0.25, -0.2) is 0 Å². The van der Waals surface area contributed by atoms with Crippen LogP contribution < -0.4 is 15.4 Å². The Morgan fingerprint density at radius 2 is 1.80 bits per heavy atom. The van der Waals surface area contributed by atoms with Crippen LogP contribution in [0, 0.1) is 0 Å². The Morgan fingerprint density at radius 1 is 1.09 bits per heavy atom. The van der Waals surface area contributed by atoms with Crippen molar-refractivity contribution in [1.29, 1.82) is 0 Å². The Labute approximate surface area is 208 Å². The molecule has 0 bridgehead atoms. The molecule has 8 heteroatoms. The molecule has 0 aromatic heterocycles. The van der Waals surface area contributed by atoms with E-state index in [-0.39, 0.29) is 12.5 Å². The van der Waals surface area contributed by atoms with Crippen LogP contribution in [0.2, 0.25) is 0 Å². The van der Waals surface area contributed by atoms with Crippen molar-refractivity contribution in [1.82, 2.24) is 10.2 Å². The van der Waals surface area contributed by atoms with Crippen molar-refractivity contribution in [3.8, 4) is 5.75 Å². The van der Waals surface area contributed by atoms with E-state index in [4.69, 9.17) is 9.47 Å². The number of unbranched alkanes of at least 4 members (excludes halogenated alkanes) is 1. The Hall–Kier alpha value is -2.65. The molecule has 1 heterocycles. The van der Waals surface area contributed by atoms with Gasteiger partial charge in [0.15, 0.2) is 0 Å². The second-order valence-electron chi connectivity index (χ2n) is 8.78. The normalized spacial score (nSPS) is 15.9. The van der Waals surface area contributed by atoms with Crippen LogP contribution in [0.15, 0.2) is 48.5 Å². The molecule has 1 aliphatic heterocycles. The zero-order chi connectivity index (χ0) is 24.9. The number of amides is 1. The van der Waals surface area contributed by atoms with Crippen LogP contribution in [0.1, 0.15) is 48.1 Å². The molecule has 192 valence electrons. The van der Waals surface area contributed by atoms with Crippen LogP contribution in [0.3, 0.4) is 0 Å². The summed E-state index contributed by atoms with van der Waals surface area (Å²) in [6, 6.07) is 14.1. The van der Waals surface area contributed by atoms with Gasteiger partial charge in [0.1, 0.15) is 11.9 Å². The van der Waals surface area contributed by atoms with E-state index in [0.717, 1.165) is 69.1 Å². The Kier molecular flexibility index (Phi) is 11.3. The summed E-state index contributed by atoms with van der Waals surface area (Å²) in [5.74, 6) is 0.670. The minimum atomic E-state index is -0.990. The lowest BCUT2D eigenvalue weighted by Crippen LogP contribution is -2.38. The predicted molar refractivity (Wildman–Crippen MR) is 137 cm³/mol. The van der Waals surface area contributed by atoms with E-state index < -0.39 is 12.1 Å². The van der Waals surface area contributed by atoms with E-state index >= 15 is 0 Å². The lowest BCUT2D eigenvalue weighted by Gasteiger charge is -2.26. The van der Waals surface area contributed by atoms with Gasteiger partial charge in [0.25, 0.3) is 5.91 Å². The molecule has 1 fully saturated rings. The molecule has 8 nitrogen and oxygen atoms in total. The fraction of sp³-hybridized carbons (Fsp3) is 0.519.